The standard InChI is InChI=1S/C15H19Cl2N/c16-12-3-4-14(17)13(8-12)15(18)7-11-6-9-1-2-10(11)5-9/h3-4,8-11,15H,1-2,5-7,18H2. The van der Waals surface area contributed by atoms with Crippen molar-refractivity contribution in [2.24, 2.45) is 23.5 Å². The minimum absolute atomic E-state index is 0.0283. The van der Waals surface area contributed by atoms with Crippen LogP contribution in [0.25, 0.3) is 0 Å². The summed E-state index contributed by atoms with van der Waals surface area (Å²) < 4.78 is 0. The second-order valence-electron chi connectivity index (χ2n) is 5.94. The van der Waals surface area contributed by atoms with E-state index in [-0.39, 0.29) is 6.04 Å². The van der Waals surface area contributed by atoms with Crippen LogP contribution in [0.15, 0.2) is 18.2 Å². The van der Waals surface area contributed by atoms with E-state index in [1.807, 2.05) is 18.2 Å². The van der Waals surface area contributed by atoms with Crippen LogP contribution in [0.1, 0.15) is 43.7 Å². The molecule has 2 bridgehead atoms. The highest BCUT2D eigenvalue weighted by molar-refractivity contribution is 6.33. The van der Waals surface area contributed by atoms with Crippen LogP contribution >= 0.6 is 23.2 Å². The molecular formula is C15H19Cl2N. The first-order valence-electron chi connectivity index (χ1n) is 6.84. The topological polar surface area (TPSA) is 26.0 Å². The Morgan fingerprint density at radius 2 is 2.06 bits per heavy atom. The third-order valence-corrected chi connectivity index (χ3v) is 5.38. The first-order valence-corrected chi connectivity index (χ1v) is 7.59. The van der Waals surface area contributed by atoms with Crippen molar-refractivity contribution in [3.8, 4) is 0 Å². The highest BCUT2D eigenvalue weighted by Gasteiger charge is 2.39. The van der Waals surface area contributed by atoms with Crippen molar-refractivity contribution in [1.82, 2.24) is 0 Å². The largest absolute Gasteiger partial charge is 0.324 e. The third-order valence-electron chi connectivity index (χ3n) is 4.80. The summed E-state index contributed by atoms with van der Waals surface area (Å²) in [7, 11) is 0. The van der Waals surface area contributed by atoms with Gasteiger partial charge in [0.1, 0.15) is 0 Å². The third kappa shape index (κ3) is 2.41. The molecule has 2 fully saturated rings. The maximum absolute atomic E-state index is 6.33. The smallest absolute Gasteiger partial charge is 0.0454 e. The molecule has 0 amide bonds. The molecule has 2 N–H and O–H groups in total. The van der Waals surface area contributed by atoms with Crippen LogP contribution in [0, 0.1) is 17.8 Å². The zero-order chi connectivity index (χ0) is 12.7. The number of hydrogen-bond acceptors (Lipinski definition) is 1. The fraction of sp³-hybridized carbons (Fsp3) is 0.600. The van der Waals surface area contributed by atoms with E-state index < -0.39 is 0 Å². The lowest BCUT2D eigenvalue weighted by atomic mass is 9.83. The number of hydrogen-bond donors (Lipinski definition) is 1. The zero-order valence-corrected chi connectivity index (χ0v) is 11.9. The van der Waals surface area contributed by atoms with E-state index in [2.05, 4.69) is 0 Å². The molecule has 1 aromatic carbocycles. The Bertz CT molecular complexity index is 446. The lowest BCUT2D eigenvalue weighted by Gasteiger charge is -2.25. The van der Waals surface area contributed by atoms with Crippen LogP contribution in [-0.4, -0.2) is 0 Å². The highest BCUT2D eigenvalue weighted by atomic mass is 35.5. The molecule has 18 heavy (non-hydrogen) atoms. The van der Waals surface area contributed by atoms with Gasteiger partial charge in [0.25, 0.3) is 0 Å². The van der Waals surface area contributed by atoms with Crippen molar-refractivity contribution in [3.05, 3.63) is 33.8 Å². The Labute approximate surface area is 119 Å². The maximum Gasteiger partial charge on any atom is 0.0454 e. The van der Waals surface area contributed by atoms with Crippen molar-refractivity contribution in [3.63, 3.8) is 0 Å². The Hall–Kier alpha value is -0.240. The normalized spacial score (nSPS) is 31.8. The second kappa shape index (κ2) is 5.03. The van der Waals surface area contributed by atoms with Crippen LogP contribution in [0.5, 0.6) is 0 Å². The first-order chi connectivity index (χ1) is 8.63. The summed E-state index contributed by atoms with van der Waals surface area (Å²) in [5, 5.41) is 1.47. The second-order valence-corrected chi connectivity index (χ2v) is 6.79. The molecule has 0 radical (unpaired) electrons. The first kappa shape index (κ1) is 12.8. The van der Waals surface area contributed by atoms with Gasteiger partial charge in [-0.15, -0.1) is 0 Å². The summed E-state index contributed by atoms with van der Waals surface area (Å²) in [6, 6.07) is 5.61. The molecule has 98 valence electrons. The van der Waals surface area contributed by atoms with Gasteiger partial charge in [-0.05, 0) is 67.2 Å². The molecule has 0 saturated heterocycles. The lowest BCUT2D eigenvalue weighted by Crippen LogP contribution is -2.19. The minimum Gasteiger partial charge on any atom is -0.324 e. The van der Waals surface area contributed by atoms with Crippen molar-refractivity contribution in [1.29, 1.82) is 0 Å². The molecule has 2 aliphatic rings. The summed E-state index contributed by atoms with van der Waals surface area (Å²) in [4.78, 5) is 0. The highest BCUT2D eigenvalue weighted by Crippen LogP contribution is 2.50. The van der Waals surface area contributed by atoms with Crippen molar-refractivity contribution < 1.29 is 0 Å². The molecule has 0 aliphatic heterocycles. The van der Waals surface area contributed by atoms with Gasteiger partial charge in [0.2, 0.25) is 0 Å². The van der Waals surface area contributed by atoms with E-state index in [9.17, 15) is 0 Å². The van der Waals surface area contributed by atoms with Gasteiger partial charge in [-0.1, -0.05) is 29.6 Å². The van der Waals surface area contributed by atoms with Crippen LogP contribution in [0.3, 0.4) is 0 Å². The molecule has 1 nitrogen and oxygen atoms in total. The van der Waals surface area contributed by atoms with E-state index in [4.69, 9.17) is 28.9 Å². The summed E-state index contributed by atoms with van der Waals surface area (Å²) >= 11 is 12.2. The van der Waals surface area contributed by atoms with Gasteiger partial charge in [-0.3, -0.25) is 0 Å². The van der Waals surface area contributed by atoms with Gasteiger partial charge >= 0.3 is 0 Å². The molecule has 0 heterocycles. The molecule has 3 rings (SSSR count). The lowest BCUT2D eigenvalue weighted by molar-refractivity contribution is 0.296. The molecule has 2 saturated carbocycles. The molecule has 1 aromatic rings. The minimum atomic E-state index is 0.0283. The average Bonchev–Trinajstić information content (AvgIpc) is 2.94. The van der Waals surface area contributed by atoms with E-state index in [1.165, 1.54) is 25.7 Å². The van der Waals surface area contributed by atoms with Crippen LogP contribution in [-0.2, 0) is 0 Å². The molecular weight excluding hydrogens is 265 g/mol. The average molecular weight is 284 g/mol. The summed E-state index contributed by atoms with van der Waals surface area (Å²) in [6.07, 6.45) is 6.71. The molecule has 2 aliphatic carbocycles. The molecule has 0 spiro atoms. The quantitative estimate of drug-likeness (QED) is 0.846. The predicted octanol–water partition coefficient (Wildman–Crippen LogP) is 4.82. The van der Waals surface area contributed by atoms with Gasteiger partial charge in [-0.25, -0.2) is 0 Å². The Morgan fingerprint density at radius 1 is 1.22 bits per heavy atom. The molecule has 4 atom stereocenters. The number of fused-ring (bicyclic) bond motifs is 2. The van der Waals surface area contributed by atoms with Crippen molar-refractivity contribution >= 4 is 23.2 Å². The molecule has 0 aromatic heterocycles. The summed E-state index contributed by atoms with van der Waals surface area (Å²) in [6.45, 7) is 0. The number of benzene rings is 1. The SMILES string of the molecule is NC(CC1CC2CCC1C2)c1cc(Cl)ccc1Cl. The Kier molecular flexibility index (Phi) is 3.57. The van der Waals surface area contributed by atoms with Gasteiger partial charge in [0.05, 0.1) is 0 Å². The molecule has 4 unspecified atom stereocenters. The van der Waals surface area contributed by atoms with Crippen LogP contribution < -0.4 is 5.73 Å². The fourth-order valence-electron chi connectivity index (χ4n) is 3.92. The van der Waals surface area contributed by atoms with Gasteiger partial charge in [0.15, 0.2) is 0 Å². The van der Waals surface area contributed by atoms with Crippen molar-refractivity contribution in [2.45, 2.75) is 38.1 Å². The Morgan fingerprint density at radius 3 is 2.72 bits per heavy atom. The number of nitrogens with two attached hydrogens (primary N) is 1. The number of rotatable bonds is 3. The van der Waals surface area contributed by atoms with Gasteiger partial charge in [0, 0.05) is 16.1 Å². The van der Waals surface area contributed by atoms with E-state index in [0.29, 0.717) is 0 Å². The van der Waals surface area contributed by atoms with Crippen LogP contribution in [0.4, 0.5) is 0 Å². The predicted molar refractivity (Wildman–Crippen MR) is 76.9 cm³/mol. The zero-order valence-electron chi connectivity index (χ0n) is 10.4. The Balaban J connectivity index is 1.71. The fourth-order valence-corrected chi connectivity index (χ4v) is 4.36. The van der Waals surface area contributed by atoms with Gasteiger partial charge < -0.3 is 5.73 Å². The van der Waals surface area contributed by atoms with Gasteiger partial charge in [-0.2, -0.15) is 0 Å². The monoisotopic (exact) mass is 283 g/mol. The van der Waals surface area contributed by atoms with E-state index in [1.54, 1.807) is 0 Å². The van der Waals surface area contributed by atoms with E-state index in [0.717, 1.165) is 39.8 Å². The van der Waals surface area contributed by atoms with E-state index >= 15 is 0 Å². The summed E-state index contributed by atoms with van der Waals surface area (Å²) in [5.41, 5.74) is 7.34. The molecule has 3 heteroatoms. The van der Waals surface area contributed by atoms with Crippen molar-refractivity contribution in [2.75, 3.05) is 0 Å². The van der Waals surface area contributed by atoms with Crippen LogP contribution in [0.2, 0.25) is 10.0 Å². The summed E-state index contributed by atoms with van der Waals surface area (Å²) in [5.74, 6) is 2.69. The maximum atomic E-state index is 6.33. The number of halogens is 2.